The summed E-state index contributed by atoms with van der Waals surface area (Å²) in [6, 6.07) is 18.0. The van der Waals surface area contributed by atoms with Gasteiger partial charge in [-0.1, -0.05) is 29.8 Å². The first-order chi connectivity index (χ1) is 12.2. The Morgan fingerprint density at radius 1 is 1.12 bits per heavy atom. The number of benzene rings is 2. The number of rotatable bonds is 4. The number of nitrogens with one attached hydrogen (secondary N) is 1. The molecule has 1 saturated heterocycles. The molecule has 1 aliphatic heterocycles. The number of carbonyl (C=O) groups is 1. The van der Waals surface area contributed by atoms with Crippen molar-refractivity contribution in [1.82, 2.24) is 5.32 Å². The molecule has 1 N–H and O–H groups in total. The van der Waals surface area contributed by atoms with Crippen molar-refractivity contribution in [2.24, 2.45) is 5.92 Å². The van der Waals surface area contributed by atoms with Gasteiger partial charge in [0.1, 0.15) is 0 Å². The first-order valence-electron chi connectivity index (χ1n) is 8.74. The van der Waals surface area contributed by atoms with E-state index in [4.69, 9.17) is 5.26 Å². The van der Waals surface area contributed by atoms with Crippen molar-refractivity contribution < 1.29 is 4.79 Å². The minimum absolute atomic E-state index is 0.0834. The third kappa shape index (κ3) is 4.39. The number of anilines is 1. The SMILES string of the molecule is Cc1ccc(CNC(=O)C2CCN(c3ccc(C#N)cc3)CC2)cc1. The fraction of sp³-hybridized carbons (Fsp3) is 0.333. The molecule has 25 heavy (non-hydrogen) atoms. The predicted molar refractivity (Wildman–Crippen MR) is 99.1 cm³/mol. The van der Waals surface area contributed by atoms with Gasteiger partial charge in [-0.05, 0) is 49.6 Å². The molecule has 1 heterocycles. The minimum Gasteiger partial charge on any atom is -0.371 e. The number of aryl methyl sites for hydroxylation is 1. The first-order valence-corrected chi connectivity index (χ1v) is 8.74. The van der Waals surface area contributed by atoms with E-state index in [0.717, 1.165) is 37.2 Å². The number of hydrogen-bond acceptors (Lipinski definition) is 3. The van der Waals surface area contributed by atoms with Crippen LogP contribution in [-0.2, 0) is 11.3 Å². The molecule has 0 radical (unpaired) electrons. The Kier molecular flexibility index (Phi) is 5.35. The molecule has 2 aromatic carbocycles. The van der Waals surface area contributed by atoms with E-state index < -0.39 is 0 Å². The molecule has 0 aliphatic carbocycles. The molecular formula is C21H23N3O. The van der Waals surface area contributed by atoms with Gasteiger partial charge >= 0.3 is 0 Å². The Balaban J connectivity index is 1.48. The van der Waals surface area contributed by atoms with Crippen molar-refractivity contribution in [2.75, 3.05) is 18.0 Å². The van der Waals surface area contributed by atoms with E-state index in [2.05, 4.69) is 47.5 Å². The minimum atomic E-state index is 0.0834. The molecule has 4 nitrogen and oxygen atoms in total. The number of hydrogen-bond donors (Lipinski definition) is 1. The van der Waals surface area contributed by atoms with Crippen LogP contribution in [0.4, 0.5) is 5.69 Å². The van der Waals surface area contributed by atoms with Gasteiger partial charge in [-0.15, -0.1) is 0 Å². The summed E-state index contributed by atoms with van der Waals surface area (Å²) in [5.41, 5.74) is 4.16. The first kappa shape index (κ1) is 17.0. The lowest BCUT2D eigenvalue weighted by atomic mass is 9.95. The van der Waals surface area contributed by atoms with Crippen molar-refractivity contribution in [3.05, 3.63) is 65.2 Å². The van der Waals surface area contributed by atoms with Crippen LogP contribution >= 0.6 is 0 Å². The van der Waals surface area contributed by atoms with Crippen LogP contribution in [-0.4, -0.2) is 19.0 Å². The zero-order chi connectivity index (χ0) is 17.6. The summed E-state index contributed by atoms with van der Waals surface area (Å²) in [7, 11) is 0. The van der Waals surface area contributed by atoms with Crippen molar-refractivity contribution in [1.29, 1.82) is 5.26 Å². The summed E-state index contributed by atoms with van der Waals surface area (Å²) in [6.07, 6.45) is 1.72. The quantitative estimate of drug-likeness (QED) is 0.933. The van der Waals surface area contributed by atoms with E-state index in [1.807, 2.05) is 24.3 Å². The fourth-order valence-electron chi connectivity index (χ4n) is 3.19. The van der Waals surface area contributed by atoms with Gasteiger partial charge in [0, 0.05) is 31.2 Å². The van der Waals surface area contributed by atoms with Gasteiger partial charge in [0.15, 0.2) is 0 Å². The molecular weight excluding hydrogens is 310 g/mol. The highest BCUT2D eigenvalue weighted by Crippen LogP contribution is 2.23. The van der Waals surface area contributed by atoms with Crippen LogP contribution in [0.3, 0.4) is 0 Å². The van der Waals surface area contributed by atoms with Crippen molar-refractivity contribution in [2.45, 2.75) is 26.3 Å². The number of piperidine rings is 1. The second kappa shape index (κ2) is 7.85. The number of nitrogens with zero attached hydrogens (tertiary/aromatic N) is 2. The number of nitriles is 1. The van der Waals surface area contributed by atoms with Crippen LogP contribution in [0.2, 0.25) is 0 Å². The smallest absolute Gasteiger partial charge is 0.223 e. The predicted octanol–water partition coefficient (Wildman–Crippen LogP) is 3.40. The van der Waals surface area contributed by atoms with E-state index in [-0.39, 0.29) is 11.8 Å². The highest BCUT2D eigenvalue weighted by molar-refractivity contribution is 5.79. The molecule has 0 bridgehead atoms. The van der Waals surface area contributed by atoms with Gasteiger partial charge in [-0.25, -0.2) is 0 Å². The zero-order valence-corrected chi connectivity index (χ0v) is 14.5. The summed E-state index contributed by atoms with van der Waals surface area (Å²) in [5.74, 6) is 0.236. The summed E-state index contributed by atoms with van der Waals surface area (Å²) in [5, 5.41) is 11.9. The number of carbonyl (C=O) groups excluding carboxylic acids is 1. The van der Waals surface area contributed by atoms with Gasteiger partial charge in [-0.2, -0.15) is 5.26 Å². The van der Waals surface area contributed by atoms with Gasteiger partial charge < -0.3 is 10.2 Å². The third-order valence-electron chi connectivity index (χ3n) is 4.81. The Morgan fingerprint density at radius 2 is 1.76 bits per heavy atom. The fourth-order valence-corrected chi connectivity index (χ4v) is 3.19. The Labute approximate surface area is 149 Å². The molecule has 0 aromatic heterocycles. The molecule has 1 amide bonds. The van der Waals surface area contributed by atoms with E-state index >= 15 is 0 Å². The largest absolute Gasteiger partial charge is 0.371 e. The summed E-state index contributed by atoms with van der Waals surface area (Å²) < 4.78 is 0. The highest BCUT2D eigenvalue weighted by Gasteiger charge is 2.24. The number of amides is 1. The summed E-state index contributed by atoms with van der Waals surface area (Å²) in [4.78, 5) is 14.7. The molecule has 4 heteroatoms. The molecule has 0 spiro atoms. The lowest BCUT2D eigenvalue weighted by Crippen LogP contribution is -2.40. The van der Waals surface area contributed by atoms with Crippen LogP contribution in [0.15, 0.2) is 48.5 Å². The molecule has 0 atom stereocenters. The van der Waals surface area contributed by atoms with Gasteiger partial charge in [0.2, 0.25) is 5.91 Å². The molecule has 1 fully saturated rings. The Morgan fingerprint density at radius 3 is 2.36 bits per heavy atom. The van der Waals surface area contributed by atoms with Crippen molar-refractivity contribution >= 4 is 11.6 Å². The van der Waals surface area contributed by atoms with Gasteiger partial charge in [0.25, 0.3) is 0 Å². The van der Waals surface area contributed by atoms with Crippen LogP contribution < -0.4 is 10.2 Å². The van der Waals surface area contributed by atoms with Crippen LogP contribution in [0.1, 0.15) is 29.5 Å². The average molecular weight is 333 g/mol. The van der Waals surface area contributed by atoms with Crippen LogP contribution in [0.25, 0.3) is 0 Å². The zero-order valence-electron chi connectivity index (χ0n) is 14.5. The third-order valence-corrected chi connectivity index (χ3v) is 4.81. The maximum atomic E-state index is 12.4. The summed E-state index contributed by atoms with van der Waals surface area (Å²) >= 11 is 0. The second-order valence-corrected chi connectivity index (χ2v) is 6.62. The van der Waals surface area contributed by atoms with Crippen molar-refractivity contribution in [3.8, 4) is 6.07 Å². The molecule has 0 saturated carbocycles. The standard InChI is InChI=1S/C21H23N3O/c1-16-2-4-18(5-3-16)15-23-21(25)19-10-12-24(13-11-19)20-8-6-17(14-22)7-9-20/h2-9,19H,10-13,15H2,1H3,(H,23,25). The second-order valence-electron chi connectivity index (χ2n) is 6.62. The highest BCUT2D eigenvalue weighted by atomic mass is 16.1. The molecule has 128 valence electrons. The molecule has 0 unspecified atom stereocenters. The lowest BCUT2D eigenvalue weighted by molar-refractivity contribution is -0.125. The van der Waals surface area contributed by atoms with Crippen LogP contribution in [0.5, 0.6) is 0 Å². The van der Waals surface area contributed by atoms with E-state index in [9.17, 15) is 4.79 Å². The normalized spacial score (nSPS) is 14.8. The van der Waals surface area contributed by atoms with E-state index in [0.29, 0.717) is 12.1 Å². The van der Waals surface area contributed by atoms with Gasteiger partial charge in [0.05, 0.1) is 11.6 Å². The maximum Gasteiger partial charge on any atom is 0.223 e. The van der Waals surface area contributed by atoms with Crippen molar-refractivity contribution in [3.63, 3.8) is 0 Å². The molecule has 3 rings (SSSR count). The van der Waals surface area contributed by atoms with Crippen LogP contribution in [0, 0.1) is 24.2 Å². The summed E-state index contributed by atoms with van der Waals surface area (Å²) in [6.45, 7) is 4.39. The maximum absolute atomic E-state index is 12.4. The molecule has 2 aromatic rings. The van der Waals surface area contributed by atoms with E-state index in [1.54, 1.807) is 0 Å². The molecule has 1 aliphatic rings. The Hall–Kier alpha value is -2.80. The lowest BCUT2D eigenvalue weighted by Gasteiger charge is -2.33. The van der Waals surface area contributed by atoms with E-state index in [1.165, 1.54) is 5.56 Å². The monoisotopic (exact) mass is 333 g/mol. The topological polar surface area (TPSA) is 56.1 Å². The average Bonchev–Trinajstić information content (AvgIpc) is 2.67. The van der Waals surface area contributed by atoms with Gasteiger partial charge in [-0.3, -0.25) is 4.79 Å². The Bertz CT molecular complexity index is 751.